The molecule has 17 heavy (non-hydrogen) atoms. The van der Waals surface area contributed by atoms with Crippen molar-refractivity contribution in [1.82, 2.24) is 10.5 Å². The smallest absolute Gasteiger partial charge is 0.404 e. The van der Waals surface area contributed by atoms with Crippen LogP contribution in [0.4, 0.5) is 4.79 Å². The summed E-state index contributed by atoms with van der Waals surface area (Å²) < 4.78 is 5.30. The van der Waals surface area contributed by atoms with Gasteiger partial charge in [-0.3, -0.25) is 0 Å². The molecule has 94 valence electrons. The second-order valence-electron chi connectivity index (χ2n) is 5.89. The Bertz CT molecular complexity index is 439. The van der Waals surface area contributed by atoms with E-state index in [2.05, 4.69) is 31.2 Å². The van der Waals surface area contributed by atoms with Gasteiger partial charge in [-0.2, -0.15) is 0 Å². The molecule has 5 nitrogen and oxygen atoms in total. The van der Waals surface area contributed by atoms with Crippen LogP contribution in [-0.4, -0.2) is 22.9 Å². The Morgan fingerprint density at radius 3 is 2.94 bits per heavy atom. The summed E-state index contributed by atoms with van der Waals surface area (Å²) in [6, 6.07) is 0. The molecule has 5 heteroatoms. The number of hydrogen-bond acceptors (Lipinski definition) is 3. The van der Waals surface area contributed by atoms with Gasteiger partial charge >= 0.3 is 6.09 Å². The average molecular weight is 238 g/mol. The number of amides is 1. The molecule has 2 rings (SSSR count). The number of aromatic nitrogens is 1. The highest BCUT2D eigenvalue weighted by molar-refractivity contribution is 5.64. The van der Waals surface area contributed by atoms with E-state index in [1.165, 1.54) is 0 Å². The molecule has 1 aromatic heterocycles. The molecule has 1 aliphatic carbocycles. The lowest BCUT2D eigenvalue weighted by Crippen LogP contribution is -2.43. The first-order valence-corrected chi connectivity index (χ1v) is 5.73. The highest BCUT2D eigenvalue weighted by Crippen LogP contribution is 2.45. The number of nitrogens with one attached hydrogen (secondary N) is 1. The molecule has 1 amide bonds. The van der Waals surface area contributed by atoms with E-state index in [4.69, 9.17) is 9.63 Å². The summed E-state index contributed by atoms with van der Waals surface area (Å²) in [4.78, 5) is 10.6. The Labute approximate surface area is 100 Å². The largest absolute Gasteiger partial charge is 0.465 e. The van der Waals surface area contributed by atoms with Gasteiger partial charge < -0.3 is 14.9 Å². The Morgan fingerprint density at radius 2 is 2.29 bits per heavy atom. The van der Waals surface area contributed by atoms with Crippen molar-refractivity contribution in [3.8, 4) is 0 Å². The highest BCUT2D eigenvalue weighted by Gasteiger charge is 2.43. The minimum Gasteiger partial charge on any atom is -0.465 e. The van der Waals surface area contributed by atoms with E-state index in [0.29, 0.717) is 6.54 Å². The van der Waals surface area contributed by atoms with Crippen molar-refractivity contribution in [3.63, 3.8) is 0 Å². The summed E-state index contributed by atoms with van der Waals surface area (Å²) >= 11 is 0. The minimum atomic E-state index is -0.972. The molecule has 0 fully saturated rings. The van der Waals surface area contributed by atoms with Crippen LogP contribution in [-0.2, 0) is 11.8 Å². The van der Waals surface area contributed by atoms with Gasteiger partial charge in [0.25, 0.3) is 0 Å². The molecular formula is C12H18N2O3. The highest BCUT2D eigenvalue weighted by atomic mass is 16.5. The Kier molecular flexibility index (Phi) is 2.64. The van der Waals surface area contributed by atoms with E-state index >= 15 is 0 Å². The molecule has 0 radical (unpaired) electrons. The maximum atomic E-state index is 10.6. The average Bonchev–Trinajstić information content (AvgIpc) is 2.62. The molecule has 0 aliphatic heterocycles. The van der Waals surface area contributed by atoms with Crippen LogP contribution in [0.1, 0.15) is 38.5 Å². The zero-order valence-corrected chi connectivity index (χ0v) is 10.4. The summed E-state index contributed by atoms with van der Waals surface area (Å²) in [7, 11) is 0. The standard InChI is InChI=1S/C12H18N2O3/c1-11(2)6-12(3,7-13-10(15)16)4-8-5-14-17-9(8)11/h5,13H,4,6-7H2,1-3H3,(H,15,16). The number of carboxylic acid groups (broad SMARTS) is 1. The van der Waals surface area contributed by atoms with Gasteiger partial charge in [0.2, 0.25) is 0 Å². The summed E-state index contributed by atoms with van der Waals surface area (Å²) in [5.41, 5.74) is 0.912. The fourth-order valence-corrected chi connectivity index (χ4v) is 3.03. The fraction of sp³-hybridized carbons (Fsp3) is 0.667. The first-order chi connectivity index (χ1) is 7.82. The van der Waals surface area contributed by atoms with Crippen molar-refractivity contribution in [2.45, 2.75) is 39.0 Å². The van der Waals surface area contributed by atoms with Crippen molar-refractivity contribution >= 4 is 6.09 Å². The predicted molar refractivity (Wildman–Crippen MR) is 62.0 cm³/mol. The monoisotopic (exact) mass is 238 g/mol. The fourth-order valence-electron chi connectivity index (χ4n) is 3.03. The normalized spacial score (nSPS) is 26.3. The van der Waals surface area contributed by atoms with E-state index in [1.807, 2.05) is 0 Å². The van der Waals surface area contributed by atoms with E-state index in [0.717, 1.165) is 24.2 Å². The zero-order chi connectivity index (χ0) is 12.7. The quantitative estimate of drug-likeness (QED) is 0.828. The van der Waals surface area contributed by atoms with Crippen molar-refractivity contribution in [2.24, 2.45) is 5.41 Å². The van der Waals surface area contributed by atoms with Gasteiger partial charge in [-0.1, -0.05) is 25.9 Å². The maximum Gasteiger partial charge on any atom is 0.404 e. The SMILES string of the molecule is CC1(CNC(=O)O)Cc2cnoc2C(C)(C)C1. The van der Waals surface area contributed by atoms with Crippen molar-refractivity contribution < 1.29 is 14.4 Å². The summed E-state index contributed by atoms with van der Waals surface area (Å²) in [6.07, 6.45) is 2.45. The van der Waals surface area contributed by atoms with Gasteiger partial charge in [-0.25, -0.2) is 4.79 Å². The molecule has 1 unspecified atom stereocenters. The lowest BCUT2D eigenvalue weighted by molar-refractivity contribution is 0.155. The topological polar surface area (TPSA) is 75.4 Å². The number of hydrogen-bond donors (Lipinski definition) is 2. The molecule has 0 spiro atoms. The first-order valence-electron chi connectivity index (χ1n) is 5.73. The number of rotatable bonds is 2. The van der Waals surface area contributed by atoms with Crippen LogP contribution in [0.15, 0.2) is 10.7 Å². The Morgan fingerprint density at radius 1 is 1.59 bits per heavy atom. The van der Waals surface area contributed by atoms with Crippen molar-refractivity contribution in [2.75, 3.05) is 6.54 Å². The van der Waals surface area contributed by atoms with Crippen LogP contribution in [0.5, 0.6) is 0 Å². The van der Waals surface area contributed by atoms with Gasteiger partial charge in [-0.15, -0.1) is 0 Å². The molecule has 1 aromatic rings. The Balaban J connectivity index is 2.22. The molecule has 0 saturated carbocycles. The summed E-state index contributed by atoms with van der Waals surface area (Å²) in [5.74, 6) is 0.935. The van der Waals surface area contributed by atoms with E-state index in [9.17, 15) is 4.79 Å². The number of nitrogens with zero attached hydrogens (tertiary/aromatic N) is 1. The minimum absolute atomic E-state index is 0.0829. The zero-order valence-electron chi connectivity index (χ0n) is 10.4. The van der Waals surface area contributed by atoms with Crippen LogP contribution in [0.25, 0.3) is 0 Å². The van der Waals surface area contributed by atoms with Crippen LogP contribution in [0.2, 0.25) is 0 Å². The lowest BCUT2D eigenvalue weighted by atomic mass is 9.64. The second-order valence-corrected chi connectivity index (χ2v) is 5.89. The Hall–Kier alpha value is -1.52. The predicted octanol–water partition coefficient (Wildman–Crippen LogP) is 2.17. The molecule has 1 heterocycles. The molecule has 1 aliphatic rings. The third-order valence-electron chi connectivity index (χ3n) is 3.41. The number of carbonyl (C=O) groups is 1. The van der Waals surface area contributed by atoms with Gasteiger partial charge in [0.15, 0.2) is 0 Å². The molecule has 1 atom stereocenters. The first kappa shape index (κ1) is 12.0. The van der Waals surface area contributed by atoms with Crippen LogP contribution < -0.4 is 5.32 Å². The van der Waals surface area contributed by atoms with E-state index in [1.54, 1.807) is 6.20 Å². The third-order valence-corrected chi connectivity index (χ3v) is 3.41. The van der Waals surface area contributed by atoms with E-state index < -0.39 is 6.09 Å². The summed E-state index contributed by atoms with van der Waals surface area (Å²) in [6.45, 7) is 6.77. The van der Waals surface area contributed by atoms with Crippen LogP contribution in [0.3, 0.4) is 0 Å². The molecule has 0 bridgehead atoms. The van der Waals surface area contributed by atoms with Gasteiger partial charge in [-0.05, 0) is 18.3 Å². The number of fused-ring (bicyclic) bond motifs is 1. The lowest BCUT2D eigenvalue weighted by Gasteiger charge is -2.40. The van der Waals surface area contributed by atoms with E-state index in [-0.39, 0.29) is 10.8 Å². The van der Waals surface area contributed by atoms with Crippen molar-refractivity contribution in [3.05, 3.63) is 17.5 Å². The molecular weight excluding hydrogens is 220 g/mol. The van der Waals surface area contributed by atoms with Gasteiger partial charge in [0.05, 0.1) is 6.20 Å². The van der Waals surface area contributed by atoms with Gasteiger partial charge in [0.1, 0.15) is 5.76 Å². The molecule has 2 N–H and O–H groups in total. The molecule has 0 aromatic carbocycles. The van der Waals surface area contributed by atoms with Gasteiger partial charge in [0, 0.05) is 17.5 Å². The van der Waals surface area contributed by atoms with Crippen LogP contribution >= 0.6 is 0 Å². The maximum absolute atomic E-state index is 10.6. The second kappa shape index (κ2) is 3.75. The third kappa shape index (κ3) is 2.28. The van der Waals surface area contributed by atoms with Crippen molar-refractivity contribution in [1.29, 1.82) is 0 Å². The molecule has 0 saturated heterocycles. The summed E-state index contributed by atoms with van der Waals surface area (Å²) in [5, 5.41) is 15.0. The van der Waals surface area contributed by atoms with Crippen LogP contribution in [0, 0.1) is 5.41 Å².